The minimum atomic E-state index is -4.77. The molecular formula is C22H21F6N6+. The van der Waals surface area contributed by atoms with Gasteiger partial charge in [-0.15, -0.1) is 0 Å². The lowest BCUT2D eigenvalue weighted by Gasteiger charge is -2.11. The highest BCUT2D eigenvalue weighted by atomic mass is 19.4. The Balaban J connectivity index is 1.62. The summed E-state index contributed by atoms with van der Waals surface area (Å²) < 4.78 is 81.5. The van der Waals surface area contributed by atoms with E-state index in [1.807, 2.05) is 19.2 Å². The average molecular weight is 483 g/mol. The molecule has 34 heavy (non-hydrogen) atoms. The molecule has 0 saturated heterocycles. The van der Waals surface area contributed by atoms with E-state index in [2.05, 4.69) is 35.7 Å². The Hall–Kier alpha value is -3.31. The van der Waals surface area contributed by atoms with Gasteiger partial charge in [0.1, 0.15) is 35.6 Å². The van der Waals surface area contributed by atoms with E-state index in [1.54, 1.807) is 0 Å². The van der Waals surface area contributed by atoms with Crippen molar-refractivity contribution >= 4 is 17.4 Å². The summed E-state index contributed by atoms with van der Waals surface area (Å²) in [5.41, 5.74) is -2.80. The molecule has 3 aromatic rings. The summed E-state index contributed by atoms with van der Waals surface area (Å²) in [7, 11) is 0. The zero-order chi connectivity index (χ0) is 24.5. The van der Waals surface area contributed by atoms with Crippen LogP contribution < -0.4 is 0 Å². The second-order valence-electron chi connectivity index (χ2n) is 7.93. The zero-order valence-electron chi connectivity index (χ0n) is 18.1. The highest BCUT2D eigenvalue weighted by Gasteiger charge is 2.37. The van der Waals surface area contributed by atoms with E-state index in [0.717, 1.165) is 37.7 Å². The first kappa shape index (κ1) is 23.8. The number of rotatable bonds is 5. The summed E-state index contributed by atoms with van der Waals surface area (Å²) in [6.45, 7) is 2.87. The highest BCUT2D eigenvalue weighted by molar-refractivity contribution is 5.78. The molecular weight excluding hydrogens is 462 g/mol. The zero-order valence-corrected chi connectivity index (χ0v) is 18.1. The van der Waals surface area contributed by atoms with Crippen LogP contribution in [-0.2, 0) is 18.8 Å². The van der Waals surface area contributed by atoms with Crippen molar-refractivity contribution in [3.05, 3.63) is 47.8 Å². The average Bonchev–Trinajstić information content (AvgIpc) is 3.07. The van der Waals surface area contributed by atoms with Crippen LogP contribution in [0.2, 0.25) is 0 Å². The predicted molar refractivity (Wildman–Crippen MR) is 112 cm³/mol. The summed E-state index contributed by atoms with van der Waals surface area (Å²) in [5, 5.41) is 0. The molecule has 1 aliphatic heterocycles. The summed E-state index contributed by atoms with van der Waals surface area (Å²) >= 11 is 0. The minimum Gasteiger partial charge on any atom is -0.335 e. The van der Waals surface area contributed by atoms with Gasteiger partial charge in [0.2, 0.25) is 0 Å². The molecule has 0 radical (unpaired) electrons. The third-order valence-corrected chi connectivity index (χ3v) is 5.55. The Morgan fingerprint density at radius 1 is 1.06 bits per heavy atom. The van der Waals surface area contributed by atoms with Crippen molar-refractivity contribution in [2.75, 3.05) is 6.54 Å². The molecule has 1 atom stereocenters. The van der Waals surface area contributed by atoms with Gasteiger partial charge in [-0.2, -0.15) is 26.3 Å². The summed E-state index contributed by atoms with van der Waals surface area (Å²) in [6, 6.07) is 1.83. The molecule has 0 aromatic carbocycles. The van der Waals surface area contributed by atoms with Crippen LogP contribution in [0.3, 0.4) is 0 Å². The van der Waals surface area contributed by atoms with E-state index in [0.29, 0.717) is 6.42 Å². The van der Waals surface area contributed by atoms with E-state index >= 15 is 0 Å². The van der Waals surface area contributed by atoms with Gasteiger partial charge in [0.15, 0.2) is 17.5 Å². The Morgan fingerprint density at radius 2 is 1.85 bits per heavy atom. The smallest absolute Gasteiger partial charge is 0.335 e. The highest BCUT2D eigenvalue weighted by Crippen LogP contribution is 2.34. The van der Waals surface area contributed by atoms with E-state index in [1.165, 1.54) is 0 Å². The number of alkyl halides is 6. The molecule has 4 heterocycles. The van der Waals surface area contributed by atoms with Gasteiger partial charge in [-0.25, -0.2) is 19.5 Å². The quantitative estimate of drug-likeness (QED) is 0.389. The number of H-pyrrole nitrogens is 1. The van der Waals surface area contributed by atoms with Gasteiger partial charge < -0.3 is 4.98 Å². The number of fused-ring (bicyclic) bond motifs is 1. The van der Waals surface area contributed by atoms with Gasteiger partial charge in [-0.05, 0) is 43.9 Å². The Kier molecular flexibility index (Phi) is 6.41. The van der Waals surface area contributed by atoms with Crippen molar-refractivity contribution < 1.29 is 30.9 Å². The number of allylic oxidation sites excluding steroid dienone is 1. The lowest BCUT2D eigenvalue weighted by Crippen LogP contribution is -2.13. The predicted octanol–water partition coefficient (Wildman–Crippen LogP) is 5.41. The molecule has 0 spiro atoms. The molecule has 0 aliphatic carbocycles. The first-order valence-corrected chi connectivity index (χ1v) is 10.7. The molecule has 0 amide bonds. The number of aromatic nitrogens is 5. The van der Waals surface area contributed by atoms with Gasteiger partial charge in [0.05, 0.1) is 0 Å². The lowest BCUT2D eigenvalue weighted by atomic mass is 9.98. The number of halogens is 6. The molecule has 12 heteroatoms. The second-order valence-corrected chi connectivity index (χ2v) is 7.93. The van der Waals surface area contributed by atoms with Crippen LogP contribution in [0.1, 0.15) is 43.4 Å². The number of hydrogen-bond acceptors (Lipinski definition) is 4. The topological polar surface area (TPSA) is 70.4 Å². The summed E-state index contributed by atoms with van der Waals surface area (Å²) in [5.74, 6) is 0.113. The molecule has 1 aliphatic rings. The fourth-order valence-electron chi connectivity index (χ4n) is 3.73. The lowest BCUT2D eigenvalue weighted by molar-refractivity contribution is -0.448. The maximum atomic E-state index is 13.7. The normalized spacial score (nSPS) is 17.1. The first-order chi connectivity index (χ1) is 16.0. The number of aromatic amines is 1. The number of aryl methyl sites for hydroxylation is 1. The number of pyridine rings is 1. The SMILES string of the molecule is CC[N+]1=CCCC(CCc2nc(C(F)(F)F)c3[nH]c(-c4ccc(C(F)(F)F)nc4)nc3n2)C=C1. The van der Waals surface area contributed by atoms with E-state index in [4.69, 9.17) is 0 Å². The number of nitrogens with one attached hydrogen (secondary N) is 1. The van der Waals surface area contributed by atoms with Gasteiger partial charge >= 0.3 is 12.4 Å². The van der Waals surface area contributed by atoms with Gasteiger partial charge in [-0.1, -0.05) is 0 Å². The van der Waals surface area contributed by atoms with E-state index < -0.39 is 29.3 Å². The first-order valence-electron chi connectivity index (χ1n) is 10.7. The van der Waals surface area contributed by atoms with Gasteiger partial charge in [0, 0.05) is 24.6 Å². The molecule has 3 aromatic heterocycles. The molecule has 0 fully saturated rings. The fourth-order valence-corrected chi connectivity index (χ4v) is 3.73. The maximum absolute atomic E-state index is 13.7. The number of nitrogens with zero attached hydrogens (tertiary/aromatic N) is 5. The maximum Gasteiger partial charge on any atom is 0.435 e. The number of imidazole rings is 1. The van der Waals surface area contributed by atoms with Crippen LogP contribution in [-0.4, -0.2) is 42.3 Å². The molecule has 0 bridgehead atoms. The molecule has 0 saturated carbocycles. The van der Waals surface area contributed by atoms with Crippen molar-refractivity contribution in [1.82, 2.24) is 24.9 Å². The van der Waals surface area contributed by atoms with Crippen LogP contribution in [0, 0.1) is 5.92 Å². The molecule has 4 rings (SSSR count). The monoisotopic (exact) mass is 483 g/mol. The largest absolute Gasteiger partial charge is 0.435 e. The number of hydrogen-bond donors (Lipinski definition) is 1. The summed E-state index contributed by atoms with van der Waals surface area (Å²) in [4.78, 5) is 17.9. The fraction of sp³-hybridized carbons (Fsp3) is 0.409. The van der Waals surface area contributed by atoms with Gasteiger partial charge in [-0.3, -0.25) is 4.98 Å². The minimum absolute atomic E-state index is 0.0115. The molecule has 1 N–H and O–H groups in total. The second kappa shape index (κ2) is 9.15. The van der Waals surface area contributed by atoms with Crippen molar-refractivity contribution in [1.29, 1.82) is 0 Å². The van der Waals surface area contributed by atoms with Crippen molar-refractivity contribution in [3.8, 4) is 11.4 Å². The molecule has 6 nitrogen and oxygen atoms in total. The van der Waals surface area contributed by atoms with Crippen LogP contribution in [0.4, 0.5) is 26.3 Å². The van der Waals surface area contributed by atoms with E-state index in [-0.39, 0.29) is 35.2 Å². The van der Waals surface area contributed by atoms with Gasteiger partial charge in [0.25, 0.3) is 0 Å². The third kappa shape index (κ3) is 5.26. The Bertz CT molecular complexity index is 1220. The van der Waals surface area contributed by atoms with Crippen LogP contribution in [0.25, 0.3) is 22.6 Å². The van der Waals surface area contributed by atoms with Crippen molar-refractivity contribution in [2.45, 2.75) is 45.0 Å². The van der Waals surface area contributed by atoms with Crippen molar-refractivity contribution in [3.63, 3.8) is 0 Å². The van der Waals surface area contributed by atoms with Crippen LogP contribution in [0.15, 0.2) is 30.6 Å². The molecule has 1 unspecified atom stereocenters. The van der Waals surface area contributed by atoms with Crippen LogP contribution in [0.5, 0.6) is 0 Å². The van der Waals surface area contributed by atoms with Crippen molar-refractivity contribution in [2.24, 2.45) is 5.92 Å². The Labute approximate surface area is 190 Å². The third-order valence-electron chi connectivity index (χ3n) is 5.55. The Morgan fingerprint density at radius 3 is 2.50 bits per heavy atom. The summed E-state index contributed by atoms with van der Waals surface area (Å²) in [6.07, 6.45) is 0.139. The van der Waals surface area contributed by atoms with E-state index in [9.17, 15) is 26.3 Å². The standard InChI is InChI=1S/C22H21F6N6/c1-2-34-10-3-4-13(9-11-34)5-8-16-30-18(22(26,27)28)17-20(31-16)33-19(32-17)14-6-7-15(29-12-14)21(23,24)25/h6-7,9-13H,2-5,8H2,1H3,(H,30,31,32,33)/q+1. The van der Waals surface area contributed by atoms with Crippen LogP contribution >= 0.6 is 0 Å². The molecule has 180 valence electrons.